The van der Waals surface area contributed by atoms with Crippen molar-refractivity contribution in [2.75, 3.05) is 20.3 Å². The van der Waals surface area contributed by atoms with E-state index >= 15 is 0 Å². The molecule has 0 N–H and O–H groups in total. The Morgan fingerprint density at radius 2 is 1.81 bits per heavy atom. The summed E-state index contributed by atoms with van der Waals surface area (Å²) in [7, 11) is 1.62. The maximum absolute atomic E-state index is 14.7. The molecule has 7 heteroatoms. The van der Waals surface area contributed by atoms with E-state index in [1.807, 2.05) is 42.5 Å². The average molecular weight is 485 g/mol. The first-order valence-corrected chi connectivity index (χ1v) is 11.8. The van der Waals surface area contributed by atoms with Crippen LogP contribution in [-0.4, -0.2) is 42.9 Å². The number of aromatic nitrogens is 1. The molecule has 36 heavy (non-hydrogen) atoms. The van der Waals surface area contributed by atoms with E-state index in [-0.39, 0.29) is 12.2 Å². The van der Waals surface area contributed by atoms with Crippen LogP contribution in [-0.2, 0) is 16.0 Å². The van der Waals surface area contributed by atoms with Crippen LogP contribution in [0.2, 0.25) is 0 Å². The van der Waals surface area contributed by atoms with Crippen LogP contribution >= 0.6 is 0 Å². The Bertz CT molecular complexity index is 1490. The van der Waals surface area contributed by atoms with Gasteiger partial charge in [-0.05, 0) is 66.4 Å². The van der Waals surface area contributed by atoms with Crippen molar-refractivity contribution in [1.82, 2.24) is 4.57 Å². The van der Waals surface area contributed by atoms with Crippen molar-refractivity contribution in [2.45, 2.75) is 19.3 Å². The fourth-order valence-electron chi connectivity index (χ4n) is 4.73. The molecule has 182 valence electrons. The SMILES string of the molecule is CCOC(=O)C1C=NCCc2c1n(C(=O)c1ccccc1F)c1ccc(-c3ccc(OC)cc3)cc21. The lowest BCUT2D eigenvalue weighted by Crippen LogP contribution is -2.24. The summed E-state index contributed by atoms with van der Waals surface area (Å²) in [6.45, 7) is 2.39. The van der Waals surface area contributed by atoms with Gasteiger partial charge in [0.15, 0.2) is 0 Å². The van der Waals surface area contributed by atoms with Gasteiger partial charge in [-0.25, -0.2) is 4.39 Å². The minimum absolute atomic E-state index is 0.0692. The van der Waals surface area contributed by atoms with Gasteiger partial charge < -0.3 is 9.47 Å². The molecular weight excluding hydrogens is 459 g/mol. The van der Waals surface area contributed by atoms with Gasteiger partial charge in [0.1, 0.15) is 17.5 Å². The molecule has 0 bridgehead atoms. The Labute approximate surface area is 208 Å². The van der Waals surface area contributed by atoms with Crippen LogP contribution in [0.1, 0.15) is 34.5 Å². The van der Waals surface area contributed by atoms with E-state index in [2.05, 4.69) is 4.99 Å². The summed E-state index contributed by atoms with van der Waals surface area (Å²) in [6, 6.07) is 19.3. The van der Waals surface area contributed by atoms with Gasteiger partial charge in [-0.3, -0.25) is 19.1 Å². The van der Waals surface area contributed by atoms with E-state index in [9.17, 15) is 14.0 Å². The molecule has 3 aromatic carbocycles. The van der Waals surface area contributed by atoms with Crippen molar-refractivity contribution >= 4 is 29.0 Å². The Kier molecular flexibility index (Phi) is 6.38. The number of rotatable bonds is 5. The molecule has 4 aromatic rings. The molecular formula is C29H25FN2O4. The standard InChI is InChI=1S/C29H25FN2O4/c1-3-36-29(34)24-17-31-15-14-21-23-16-19(18-8-11-20(35-2)12-9-18)10-13-26(23)32(27(21)24)28(33)22-6-4-5-7-25(22)30/h4-13,16-17,24H,3,14-15H2,1-2H3. The summed E-state index contributed by atoms with van der Waals surface area (Å²) >= 11 is 0. The van der Waals surface area contributed by atoms with E-state index in [1.165, 1.54) is 29.0 Å². The summed E-state index contributed by atoms with van der Waals surface area (Å²) in [6.07, 6.45) is 2.07. The van der Waals surface area contributed by atoms with Crippen molar-refractivity contribution in [1.29, 1.82) is 0 Å². The molecule has 2 heterocycles. The number of carbonyl (C=O) groups is 2. The Morgan fingerprint density at radius 3 is 2.53 bits per heavy atom. The fraction of sp³-hybridized carbons (Fsp3) is 0.207. The monoisotopic (exact) mass is 484 g/mol. The zero-order chi connectivity index (χ0) is 25.2. The van der Waals surface area contributed by atoms with Crippen molar-refractivity contribution in [3.63, 3.8) is 0 Å². The second-order valence-electron chi connectivity index (χ2n) is 8.48. The third-order valence-corrected chi connectivity index (χ3v) is 6.42. The number of ether oxygens (including phenoxy) is 2. The first-order valence-electron chi connectivity index (χ1n) is 11.8. The minimum Gasteiger partial charge on any atom is -0.497 e. The zero-order valence-electron chi connectivity index (χ0n) is 20.0. The van der Waals surface area contributed by atoms with Gasteiger partial charge >= 0.3 is 5.97 Å². The first kappa shape index (κ1) is 23.5. The highest BCUT2D eigenvalue weighted by Gasteiger charge is 2.33. The smallest absolute Gasteiger partial charge is 0.320 e. The predicted molar refractivity (Wildman–Crippen MR) is 136 cm³/mol. The van der Waals surface area contributed by atoms with Crippen molar-refractivity contribution < 1.29 is 23.5 Å². The number of halogens is 1. The highest BCUT2D eigenvalue weighted by molar-refractivity contribution is 6.08. The van der Waals surface area contributed by atoms with Crippen LogP contribution in [0.25, 0.3) is 22.0 Å². The van der Waals surface area contributed by atoms with Crippen LogP contribution in [0.5, 0.6) is 5.75 Å². The number of aliphatic imine (C=N–C) groups is 1. The molecule has 0 saturated carbocycles. The van der Waals surface area contributed by atoms with Gasteiger partial charge in [0.05, 0.1) is 24.8 Å². The van der Waals surface area contributed by atoms with E-state index in [1.54, 1.807) is 20.1 Å². The maximum Gasteiger partial charge on any atom is 0.320 e. The molecule has 0 spiro atoms. The van der Waals surface area contributed by atoms with Crippen LogP contribution in [0, 0.1) is 5.82 Å². The molecule has 0 saturated heterocycles. The van der Waals surface area contributed by atoms with Crippen LogP contribution in [0.4, 0.5) is 4.39 Å². The molecule has 0 aliphatic carbocycles. The lowest BCUT2D eigenvalue weighted by molar-refractivity contribution is -0.143. The number of esters is 1. The Hall–Kier alpha value is -4.26. The summed E-state index contributed by atoms with van der Waals surface area (Å²) < 4.78 is 26.8. The fourth-order valence-corrected chi connectivity index (χ4v) is 4.73. The molecule has 0 fully saturated rings. The van der Waals surface area contributed by atoms with Crippen LogP contribution < -0.4 is 4.74 Å². The summed E-state index contributed by atoms with van der Waals surface area (Å²) in [5.41, 5.74) is 3.77. The van der Waals surface area contributed by atoms with Gasteiger partial charge in [0.2, 0.25) is 0 Å². The highest BCUT2D eigenvalue weighted by Crippen LogP contribution is 2.37. The Morgan fingerprint density at radius 1 is 1.06 bits per heavy atom. The molecule has 1 unspecified atom stereocenters. The second-order valence-corrected chi connectivity index (χ2v) is 8.48. The molecule has 6 nitrogen and oxygen atoms in total. The molecule has 5 rings (SSSR count). The van der Waals surface area contributed by atoms with E-state index < -0.39 is 23.6 Å². The average Bonchev–Trinajstić information content (AvgIpc) is 3.05. The number of methoxy groups -OCH3 is 1. The molecule has 1 aliphatic rings. The number of carbonyl (C=O) groups excluding carboxylic acids is 2. The third kappa shape index (κ3) is 4.06. The molecule has 1 aliphatic heterocycles. The van der Waals surface area contributed by atoms with Gasteiger partial charge in [0, 0.05) is 23.8 Å². The quantitative estimate of drug-likeness (QED) is 0.355. The van der Waals surface area contributed by atoms with Gasteiger partial charge in [-0.2, -0.15) is 0 Å². The van der Waals surface area contributed by atoms with E-state index in [0.717, 1.165) is 27.8 Å². The Balaban J connectivity index is 1.76. The lowest BCUT2D eigenvalue weighted by atomic mass is 9.97. The number of hydrogen-bond donors (Lipinski definition) is 0. The molecule has 1 atom stereocenters. The number of fused-ring (bicyclic) bond motifs is 3. The minimum atomic E-state index is -0.880. The van der Waals surface area contributed by atoms with Crippen molar-refractivity contribution in [3.05, 3.63) is 89.4 Å². The van der Waals surface area contributed by atoms with Crippen LogP contribution in [0.15, 0.2) is 71.7 Å². The summed E-state index contributed by atoms with van der Waals surface area (Å²) in [5.74, 6) is -1.78. The third-order valence-electron chi connectivity index (χ3n) is 6.42. The summed E-state index contributed by atoms with van der Waals surface area (Å²) in [4.78, 5) is 31.2. The first-order chi connectivity index (χ1) is 17.5. The van der Waals surface area contributed by atoms with Gasteiger partial charge in [0.25, 0.3) is 5.91 Å². The normalized spacial score (nSPS) is 14.8. The zero-order valence-corrected chi connectivity index (χ0v) is 20.0. The summed E-state index contributed by atoms with van der Waals surface area (Å²) in [5, 5.41) is 0.822. The number of nitrogens with zero attached hydrogens (tertiary/aromatic N) is 2. The van der Waals surface area contributed by atoms with Crippen molar-refractivity contribution in [2.24, 2.45) is 4.99 Å². The topological polar surface area (TPSA) is 69.9 Å². The molecule has 0 radical (unpaired) electrons. The highest BCUT2D eigenvalue weighted by atomic mass is 19.1. The maximum atomic E-state index is 14.7. The predicted octanol–water partition coefficient (Wildman–Crippen LogP) is 5.42. The largest absolute Gasteiger partial charge is 0.497 e. The van der Waals surface area contributed by atoms with Gasteiger partial charge in [-0.15, -0.1) is 0 Å². The van der Waals surface area contributed by atoms with Crippen molar-refractivity contribution in [3.8, 4) is 16.9 Å². The lowest BCUT2D eigenvalue weighted by Gasteiger charge is -2.16. The molecule has 1 aromatic heterocycles. The second kappa shape index (κ2) is 9.77. The van der Waals surface area contributed by atoms with Gasteiger partial charge in [-0.1, -0.05) is 30.3 Å². The van der Waals surface area contributed by atoms with E-state index in [0.29, 0.717) is 24.2 Å². The number of benzene rings is 3. The van der Waals surface area contributed by atoms with E-state index in [4.69, 9.17) is 9.47 Å². The number of hydrogen-bond acceptors (Lipinski definition) is 5. The van der Waals surface area contributed by atoms with Crippen LogP contribution in [0.3, 0.4) is 0 Å². The molecule has 0 amide bonds.